The summed E-state index contributed by atoms with van der Waals surface area (Å²) in [4.78, 5) is 23.9. The summed E-state index contributed by atoms with van der Waals surface area (Å²) in [7, 11) is 1.89. The van der Waals surface area contributed by atoms with E-state index in [9.17, 15) is 9.59 Å². The maximum atomic E-state index is 12.1. The molecule has 0 fully saturated rings. The normalized spacial score (nSPS) is 11.1. The molecule has 0 saturated carbocycles. The molecule has 6 nitrogen and oxygen atoms in total. The van der Waals surface area contributed by atoms with Crippen molar-refractivity contribution in [2.24, 2.45) is 7.05 Å². The van der Waals surface area contributed by atoms with Gasteiger partial charge in [0, 0.05) is 36.2 Å². The van der Waals surface area contributed by atoms with E-state index in [1.54, 1.807) is 6.07 Å². The topological polar surface area (TPSA) is 74.3 Å². The van der Waals surface area contributed by atoms with Gasteiger partial charge in [0.15, 0.2) is 0 Å². The van der Waals surface area contributed by atoms with E-state index in [1.165, 1.54) is 6.07 Å². The lowest BCUT2D eigenvalue weighted by atomic mass is 10.1. The first-order valence-corrected chi connectivity index (χ1v) is 8.53. The number of carbonyl (C=O) groups is 1. The molecular weight excluding hydrogens is 332 g/mol. The molecule has 0 aliphatic carbocycles. The largest absolute Gasteiger partial charge is 0.461 e. The summed E-state index contributed by atoms with van der Waals surface area (Å²) in [5, 5.41) is 5.13. The van der Waals surface area contributed by atoms with Crippen LogP contribution in [-0.4, -0.2) is 15.7 Å². The SMILES string of the molecule is Cc1ccc2c(COC(=O)CCc3c(C)nn(C)c3C)cc(=O)oc2c1. The predicted octanol–water partition coefficient (Wildman–Crippen LogP) is 3.13. The number of benzene rings is 1. The lowest BCUT2D eigenvalue weighted by Crippen LogP contribution is -2.09. The minimum atomic E-state index is -0.448. The number of ether oxygens (including phenoxy) is 1. The highest BCUT2D eigenvalue weighted by Gasteiger charge is 2.13. The van der Waals surface area contributed by atoms with E-state index >= 15 is 0 Å². The number of nitrogens with zero attached hydrogens (tertiary/aromatic N) is 2. The zero-order chi connectivity index (χ0) is 18.8. The van der Waals surface area contributed by atoms with Crippen LogP contribution >= 0.6 is 0 Å². The van der Waals surface area contributed by atoms with E-state index in [0.717, 1.165) is 27.9 Å². The molecule has 3 aromatic rings. The quantitative estimate of drug-likeness (QED) is 0.520. The van der Waals surface area contributed by atoms with Gasteiger partial charge >= 0.3 is 11.6 Å². The number of hydrogen-bond donors (Lipinski definition) is 0. The Balaban J connectivity index is 1.68. The van der Waals surface area contributed by atoms with Gasteiger partial charge in [-0.05, 0) is 44.4 Å². The predicted molar refractivity (Wildman–Crippen MR) is 98.0 cm³/mol. The maximum Gasteiger partial charge on any atom is 0.336 e. The van der Waals surface area contributed by atoms with Crippen LogP contribution in [0.1, 0.15) is 34.5 Å². The summed E-state index contributed by atoms with van der Waals surface area (Å²) >= 11 is 0. The first-order chi connectivity index (χ1) is 12.3. The molecule has 0 unspecified atom stereocenters. The highest BCUT2D eigenvalue weighted by Crippen LogP contribution is 2.20. The lowest BCUT2D eigenvalue weighted by Gasteiger charge is -2.08. The van der Waals surface area contributed by atoms with Crippen LogP contribution in [-0.2, 0) is 29.6 Å². The maximum absolute atomic E-state index is 12.1. The molecule has 2 aromatic heterocycles. The van der Waals surface area contributed by atoms with Crippen LogP contribution in [0.3, 0.4) is 0 Å². The number of aromatic nitrogens is 2. The fraction of sp³-hybridized carbons (Fsp3) is 0.350. The molecule has 3 rings (SSSR count). The van der Waals surface area contributed by atoms with E-state index < -0.39 is 5.63 Å². The number of carbonyl (C=O) groups excluding carboxylic acids is 1. The van der Waals surface area contributed by atoms with Gasteiger partial charge in [0.25, 0.3) is 0 Å². The second-order valence-electron chi connectivity index (χ2n) is 6.52. The molecule has 0 spiro atoms. The minimum absolute atomic E-state index is 0.0506. The van der Waals surface area contributed by atoms with Crippen LogP contribution in [0.2, 0.25) is 0 Å². The van der Waals surface area contributed by atoms with E-state index in [-0.39, 0.29) is 19.0 Å². The Morgan fingerprint density at radius 2 is 2.00 bits per heavy atom. The lowest BCUT2D eigenvalue weighted by molar-refractivity contribution is -0.144. The fourth-order valence-corrected chi connectivity index (χ4v) is 3.09. The van der Waals surface area contributed by atoms with Gasteiger partial charge in [0.2, 0.25) is 0 Å². The molecule has 0 N–H and O–H groups in total. The van der Waals surface area contributed by atoms with Gasteiger partial charge in [-0.1, -0.05) is 12.1 Å². The number of esters is 1. The van der Waals surface area contributed by atoms with Gasteiger partial charge in [-0.25, -0.2) is 4.79 Å². The number of rotatable bonds is 5. The summed E-state index contributed by atoms with van der Waals surface area (Å²) < 4.78 is 12.4. The molecule has 0 saturated heterocycles. The van der Waals surface area contributed by atoms with Crippen molar-refractivity contribution in [3.8, 4) is 0 Å². The minimum Gasteiger partial charge on any atom is -0.461 e. The number of fused-ring (bicyclic) bond motifs is 1. The Bertz CT molecular complexity index is 1030. The average molecular weight is 354 g/mol. The first-order valence-electron chi connectivity index (χ1n) is 8.53. The Morgan fingerprint density at radius 1 is 1.23 bits per heavy atom. The molecule has 26 heavy (non-hydrogen) atoms. The van der Waals surface area contributed by atoms with Crippen molar-refractivity contribution in [3.63, 3.8) is 0 Å². The molecule has 6 heteroatoms. The van der Waals surface area contributed by atoms with Crippen LogP contribution < -0.4 is 5.63 Å². The van der Waals surface area contributed by atoms with Crippen LogP contribution in [0.25, 0.3) is 11.0 Å². The van der Waals surface area contributed by atoms with Gasteiger partial charge in [-0.3, -0.25) is 9.48 Å². The van der Waals surface area contributed by atoms with Crippen molar-refractivity contribution in [2.45, 2.75) is 40.2 Å². The van der Waals surface area contributed by atoms with Crippen molar-refractivity contribution in [3.05, 3.63) is 62.8 Å². The average Bonchev–Trinajstić information content (AvgIpc) is 2.82. The van der Waals surface area contributed by atoms with Gasteiger partial charge in [-0.2, -0.15) is 5.10 Å². The molecule has 0 bridgehead atoms. The third-order valence-corrected chi connectivity index (χ3v) is 4.61. The summed E-state index contributed by atoms with van der Waals surface area (Å²) in [6, 6.07) is 6.98. The van der Waals surface area contributed by atoms with Crippen molar-refractivity contribution in [1.29, 1.82) is 0 Å². The van der Waals surface area contributed by atoms with Gasteiger partial charge in [-0.15, -0.1) is 0 Å². The van der Waals surface area contributed by atoms with Crippen molar-refractivity contribution < 1.29 is 13.9 Å². The van der Waals surface area contributed by atoms with Crippen LogP contribution in [0, 0.1) is 20.8 Å². The number of aryl methyl sites for hydroxylation is 3. The van der Waals surface area contributed by atoms with Crippen LogP contribution in [0.4, 0.5) is 0 Å². The molecule has 0 atom stereocenters. The molecule has 1 aromatic carbocycles. The Labute approximate surface area is 151 Å². The van der Waals surface area contributed by atoms with Crippen LogP contribution in [0.5, 0.6) is 0 Å². The first kappa shape index (κ1) is 17.9. The Morgan fingerprint density at radius 3 is 2.69 bits per heavy atom. The molecule has 0 aliphatic heterocycles. The zero-order valence-corrected chi connectivity index (χ0v) is 15.5. The van der Waals surface area contributed by atoms with Crippen LogP contribution in [0.15, 0.2) is 33.5 Å². The second-order valence-corrected chi connectivity index (χ2v) is 6.52. The van der Waals surface area contributed by atoms with Crippen molar-refractivity contribution >= 4 is 16.9 Å². The van der Waals surface area contributed by atoms with Crippen molar-refractivity contribution in [1.82, 2.24) is 9.78 Å². The molecule has 0 radical (unpaired) electrons. The Hall–Kier alpha value is -2.89. The molecular formula is C20H22N2O4. The molecule has 0 aliphatic rings. The zero-order valence-electron chi connectivity index (χ0n) is 15.5. The highest BCUT2D eigenvalue weighted by atomic mass is 16.5. The standard InChI is InChI=1S/C20H22N2O4/c1-12-5-6-17-15(10-20(24)26-18(17)9-12)11-25-19(23)8-7-16-13(2)21-22(4)14(16)3/h5-6,9-10H,7-8,11H2,1-4H3. The second kappa shape index (κ2) is 7.15. The van der Waals surface area contributed by atoms with Gasteiger partial charge in [0.05, 0.1) is 5.69 Å². The van der Waals surface area contributed by atoms with E-state index in [1.807, 2.05) is 44.6 Å². The van der Waals surface area contributed by atoms with Crippen molar-refractivity contribution in [2.75, 3.05) is 0 Å². The third kappa shape index (κ3) is 3.69. The smallest absolute Gasteiger partial charge is 0.336 e. The monoisotopic (exact) mass is 354 g/mol. The fourth-order valence-electron chi connectivity index (χ4n) is 3.09. The summed E-state index contributed by atoms with van der Waals surface area (Å²) in [5.41, 5.74) is 4.76. The highest BCUT2D eigenvalue weighted by molar-refractivity contribution is 5.81. The van der Waals surface area contributed by atoms with E-state index in [4.69, 9.17) is 9.15 Å². The Kier molecular flexibility index (Phi) is 4.93. The third-order valence-electron chi connectivity index (χ3n) is 4.61. The summed E-state index contributed by atoms with van der Waals surface area (Å²) in [6.07, 6.45) is 0.854. The van der Waals surface area contributed by atoms with E-state index in [0.29, 0.717) is 17.6 Å². The van der Waals surface area contributed by atoms with Gasteiger partial charge in [0.1, 0.15) is 12.2 Å². The van der Waals surface area contributed by atoms with Gasteiger partial charge < -0.3 is 9.15 Å². The molecule has 0 amide bonds. The number of hydrogen-bond acceptors (Lipinski definition) is 5. The van der Waals surface area contributed by atoms with E-state index in [2.05, 4.69) is 5.10 Å². The summed E-state index contributed by atoms with van der Waals surface area (Å²) in [5.74, 6) is -0.304. The molecule has 136 valence electrons. The molecule has 2 heterocycles. The summed E-state index contributed by atoms with van der Waals surface area (Å²) in [6.45, 7) is 5.90.